The molecule has 2 fully saturated rings. The lowest BCUT2D eigenvalue weighted by Gasteiger charge is -2.43. The SMILES string of the molecule is CC(C)NC(=O)CN1CN(c2ccccc2)C2(CCN(C(=O)CNC(=O)[C@H]3Cc4ccccc4CN3)CC2)C1=O.Cc1ccc(Cl)cc1. The van der Waals surface area contributed by atoms with Gasteiger partial charge in [0.25, 0.3) is 5.91 Å². The lowest BCUT2D eigenvalue weighted by atomic mass is 9.85. The van der Waals surface area contributed by atoms with Gasteiger partial charge in [0.2, 0.25) is 17.7 Å². The van der Waals surface area contributed by atoms with Crippen LogP contribution < -0.4 is 20.9 Å². The second-order valence-electron chi connectivity index (χ2n) is 13.0. The maximum Gasteiger partial charge on any atom is 0.250 e. The fourth-order valence-electron chi connectivity index (χ4n) is 6.56. The summed E-state index contributed by atoms with van der Waals surface area (Å²) in [6, 6.07) is 25.1. The first-order valence-electron chi connectivity index (χ1n) is 16.5. The topological polar surface area (TPSA) is 114 Å². The summed E-state index contributed by atoms with van der Waals surface area (Å²) in [6.45, 7) is 7.46. The van der Waals surface area contributed by atoms with Crippen molar-refractivity contribution in [3.8, 4) is 0 Å². The minimum atomic E-state index is -0.821. The summed E-state index contributed by atoms with van der Waals surface area (Å²) in [5.41, 5.74) is 3.67. The third kappa shape index (κ3) is 8.35. The Hall–Kier alpha value is -4.41. The van der Waals surface area contributed by atoms with Gasteiger partial charge >= 0.3 is 0 Å². The van der Waals surface area contributed by atoms with Gasteiger partial charge in [0.1, 0.15) is 12.1 Å². The van der Waals surface area contributed by atoms with Gasteiger partial charge in [0.15, 0.2) is 0 Å². The molecule has 3 aromatic rings. The number of aryl methyl sites for hydroxylation is 1. The number of amides is 4. The molecule has 0 saturated carbocycles. The maximum absolute atomic E-state index is 13.8. The zero-order valence-electron chi connectivity index (χ0n) is 27.9. The number of para-hydroxylation sites is 1. The zero-order valence-corrected chi connectivity index (χ0v) is 28.6. The number of nitrogens with zero attached hydrogens (tertiary/aromatic N) is 3. The third-order valence-electron chi connectivity index (χ3n) is 9.13. The molecular formula is C37H45ClN6O4. The molecule has 10 nitrogen and oxygen atoms in total. The number of benzene rings is 3. The van der Waals surface area contributed by atoms with E-state index in [0.29, 0.717) is 45.6 Å². The van der Waals surface area contributed by atoms with Crippen LogP contribution in [0.1, 0.15) is 43.4 Å². The average molecular weight is 673 g/mol. The molecule has 3 aromatic carbocycles. The number of carbonyl (C=O) groups is 4. The van der Waals surface area contributed by atoms with E-state index in [4.69, 9.17) is 11.6 Å². The van der Waals surface area contributed by atoms with Crippen LogP contribution >= 0.6 is 11.6 Å². The van der Waals surface area contributed by atoms with E-state index in [0.717, 1.165) is 16.3 Å². The van der Waals surface area contributed by atoms with Gasteiger partial charge in [-0.25, -0.2) is 0 Å². The number of rotatable bonds is 7. The van der Waals surface area contributed by atoms with E-state index >= 15 is 0 Å². The van der Waals surface area contributed by atoms with E-state index in [2.05, 4.69) is 26.9 Å². The molecule has 254 valence electrons. The number of piperidine rings is 1. The van der Waals surface area contributed by atoms with Gasteiger partial charge in [0.05, 0.1) is 19.3 Å². The molecule has 0 aromatic heterocycles. The molecule has 3 N–H and O–H groups in total. The summed E-state index contributed by atoms with van der Waals surface area (Å²) in [5.74, 6) is -0.621. The summed E-state index contributed by atoms with van der Waals surface area (Å²) in [6.07, 6.45) is 1.49. The van der Waals surface area contributed by atoms with Gasteiger partial charge in [-0.05, 0) is 75.4 Å². The van der Waals surface area contributed by atoms with Gasteiger partial charge in [0, 0.05) is 36.4 Å². The summed E-state index contributed by atoms with van der Waals surface area (Å²) in [7, 11) is 0. The van der Waals surface area contributed by atoms with Crippen molar-refractivity contribution in [1.82, 2.24) is 25.8 Å². The molecular weight excluding hydrogens is 628 g/mol. The van der Waals surface area contributed by atoms with E-state index in [1.165, 1.54) is 11.1 Å². The molecule has 48 heavy (non-hydrogen) atoms. The normalized spacial score (nSPS) is 18.2. The number of halogens is 1. The minimum absolute atomic E-state index is 0.00352. The molecule has 1 spiro atoms. The second-order valence-corrected chi connectivity index (χ2v) is 13.4. The average Bonchev–Trinajstić information content (AvgIpc) is 3.34. The number of nitrogens with one attached hydrogen (secondary N) is 3. The summed E-state index contributed by atoms with van der Waals surface area (Å²) < 4.78 is 0. The van der Waals surface area contributed by atoms with E-state index in [1.807, 2.05) is 93.6 Å². The van der Waals surface area contributed by atoms with Crippen molar-refractivity contribution in [3.63, 3.8) is 0 Å². The Morgan fingerprint density at radius 2 is 1.58 bits per heavy atom. The molecule has 3 aliphatic rings. The Balaban J connectivity index is 0.000000494. The van der Waals surface area contributed by atoms with Gasteiger partial charge in [-0.3, -0.25) is 19.2 Å². The molecule has 1 atom stereocenters. The van der Waals surface area contributed by atoms with Crippen molar-refractivity contribution in [2.75, 3.05) is 37.7 Å². The first-order chi connectivity index (χ1) is 23.1. The van der Waals surface area contributed by atoms with E-state index < -0.39 is 5.54 Å². The Bertz CT molecular complexity index is 1570. The Morgan fingerprint density at radius 3 is 2.23 bits per heavy atom. The predicted molar refractivity (Wildman–Crippen MR) is 187 cm³/mol. The standard InChI is InChI=1S/C30H38N6O4.C7H7Cl/c1-21(2)33-26(37)19-35-20-36(24-10-4-3-5-11-24)30(29(35)40)12-14-34(15-13-30)27(38)18-32-28(39)25-16-22-8-6-7-9-23(22)17-31-25;1-6-2-4-7(8)5-3-6/h3-11,21,25,31H,12-20H2,1-2H3,(H,32,39)(H,33,37);2-5H,1H3/t25-;/m1./s1. The largest absolute Gasteiger partial charge is 0.352 e. The Morgan fingerprint density at radius 1 is 0.938 bits per heavy atom. The van der Waals surface area contributed by atoms with Crippen LogP contribution in [0.15, 0.2) is 78.9 Å². The van der Waals surface area contributed by atoms with Crippen molar-refractivity contribution in [2.24, 2.45) is 0 Å². The van der Waals surface area contributed by atoms with Crippen LogP contribution in [0.3, 0.4) is 0 Å². The lowest BCUT2D eigenvalue weighted by molar-refractivity contribution is -0.140. The van der Waals surface area contributed by atoms with Crippen LogP contribution in [0.4, 0.5) is 5.69 Å². The third-order valence-corrected chi connectivity index (χ3v) is 9.38. The molecule has 3 aliphatic heterocycles. The highest BCUT2D eigenvalue weighted by atomic mass is 35.5. The highest BCUT2D eigenvalue weighted by Crippen LogP contribution is 2.39. The zero-order chi connectivity index (χ0) is 34.3. The molecule has 0 bridgehead atoms. The van der Waals surface area contributed by atoms with Gasteiger partial charge in [-0.2, -0.15) is 0 Å². The van der Waals surface area contributed by atoms with E-state index in [-0.39, 0.29) is 48.8 Å². The number of fused-ring (bicyclic) bond motifs is 1. The highest BCUT2D eigenvalue weighted by molar-refractivity contribution is 6.30. The lowest BCUT2D eigenvalue weighted by Crippen LogP contribution is -2.58. The molecule has 3 heterocycles. The smallest absolute Gasteiger partial charge is 0.250 e. The van der Waals surface area contributed by atoms with Crippen LogP contribution in [-0.4, -0.2) is 83.9 Å². The predicted octanol–water partition coefficient (Wildman–Crippen LogP) is 3.66. The van der Waals surface area contributed by atoms with E-state index in [9.17, 15) is 19.2 Å². The number of anilines is 1. The molecule has 11 heteroatoms. The van der Waals surface area contributed by atoms with Crippen molar-refractivity contribution >= 4 is 40.9 Å². The van der Waals surface area contributed by atoms with Crippen LogP contribution in [0.2, 0.25) is 5.02 Å². The Labute approximate surface area is 287 Å². The summed E-state index contributed by atoms with van der Waals surface area (Å²) >= 11 is 5.61. The van der Waals surface area contributed by atoms with Crippen molar-refractivity contribution in [2.45, 2.75) is 64.2 Å². The molecule has 6 rings (SSSR count). The van der Waals surface area contributed by atoms with Gasteiger partial charge in [-0.1, -0.05) is 71.8 Å². The molecule has 0 radical (unpaired) electrons. The van der Waals surface area contributed by atoms with Crippen LogP contribution in [0.5, 0.6) is 0 Å². The number of carbonyl (C=O) groups excluding carboxylic acids is 4. The first-order valence-corrected chi connectivity index (χ1v) is 16.9. The fraction of sp³-hybridized carbons (Fsp3) is 0.405. The summed E-state index contributed by atoms with van der Waals surface area (Å²) in [5, 5.41) is 9.73. The minimum Gasteiger partial charge on any atom is -0.352 e. The van der Waals surface area contributed by atoms with Crippen LogP contribution in [0.25, 0.3) is 0 Å². The number of hydrogen-bond donors (Lipinski definition) is 3. The van der Waals surface area contributed by atoms with Crippen LogP contribution in [0, 0.1) is 6.92 Å². The molecule has 2 saturated heterocycles. The maximum atomic E-state index is 13.8. The van der Waals surface area contributed by atoms with E-state index in [1.54, 1.807) is 9.80 Å². The van der Waals surface area contributed by atoms with Crippen molar-refractivity contribution in [1.29, 1.82) is 0 Å². The molecule has 4 amide bonds. The number of likely N-dealkylation sites (tertiary alicyclic amines) is 1. The monoisotopic (exact) mass is 672 g/mol. The van der Waals surface area contributed by atoms with Crippen molar-refractivity contribution in [3.05, 3.63) is 101 Å². The quantitative estimate of drug-likeness (QED) is 0.353. The second kappa shape index (κ2) is 15.7. The first kappa shape index (κ1) is 34.9. The Kier molecular flexibility index (Phi) is 11.4. The summed E-state index contributed by atoms with van der Waals surface area (Å²) in [4.78, 5) is 57.5. The van der Waals surface area contributed by atoms with Crippen molar-refractivity contribution < 1.29 is 19.2 Å². The van der Waals surface area contributed by atoms with Gasteiger partial charge < -0.3 is 30.7 Å². The van der Waals surface area contributed by atoms with Gasteiger partial charge in [-0.15, -0.1) is 0 Å². The molecule has 0 unspecified atom stereocenters. The fourth-order valence-corrected chi connectivity index (χ4v) is 6.69. The highest BCUT2D eigenvalue weighted by Gasteiger charge is 2.54. The van der Waals surface area contributed by atoms with Crippen LogP contribution in [-0.2, 0) is 32.1 Å². The number of hydrogen-bond acceptors (Lipinski definition) is 6. The molecule has 0 aliphatic carbocycles.